The van der Waals surface area contributed by atoms with E-state index in [0.717, 1.165) is 41.7 Å². The molecule has 114 valence electrons. The van der Waals surface area contributed by atoms with E-state index in [0.29, 0.717) is 10.6 Å². The molecule has 0 bridgehead atoms. The van der Waals surface area contributed by atoms with Crippen LogP contribution in [-0.4, -0.2) is 17.0 Å². The van der Waals surface area contributed by atoms with Gasteiger partial charge in [0.15, 0.2) is 0 Å². The van der Waals surface area contributed by atoms with E-state index < -0.39 is 5.97 Å². The van der Waals surface area contributed by atoms with Gasteiger partial charge in [-0.2, -0.15) is 0 Å². The van der Waals surface area contributed by atoms with Gasteiger partial charge in [-0.25, -0.2) is 4.79 Å². The summed E-state index contributed by atoms with van der Waals surface area (Å²) in [4.78, 5) is 24.8. The van der Waals surface area contributed by atoms with Crippen molar-refractivity contribution < 1.29 is 14.7 Å². The summed E-state index contributed by atoms with van der Waals surface area (Å²) in [6.45, 7) is 0. The Morgan fingerprint density at radius 3 is 2.59 bits per heavy atom. The number of aromatic carboxylic acids is 1. The van der Waals surface area contributed by atoms with Gasteiger partial charge in [0.1, 0.15) is 5.00 Å². The minimum Gasteiger partial charge on any atom is -0.478 e. The van der Waals surface area contributed by atoms with Crippen LogP contribution in [0, 0.1) is 0 Å². The van der Waals surface area contributed by atoms with Gasteiger partial charge < -0.3 is 10.4 Å². The lowest BCUT2D eigenvalue weighted by atomic mass is 9.95. The van der Waals surface area contributed by atoms with Gasteiger partial charge in [0.05, 0.1) is 12.0 Å². The van der Waals surface area contributed by atoms with Crippen LogP contribution in [0.25, 0.3) is 0 Å². The van der Waals surface area contributed by atoms with Crippen molar-refractivity contribution in [1.29, 1.82) is 0 Å². The van der Waals surface area contributed by atoms with Gasteiger partial charge in [0.2, 0.25) is 5.91 Å². The van der Waals surface area contributed by atoms with E-state index >= 15 is 0 Å². The van der Waals surface area contributed by atoms with Crippen LogP contribution in [0.15, 0.2) is 30.3 Å². The Morgan fingerprint density at radius 2 is 1.86 bits per heavy atom. The highest BCUT2D eigenvalue weighted by atomic mass is 32.1. The third kappa shape index (κ3) is 3.04. The lowest BCUT2D eigenvalue weighted by Gasteiger charge is -2.10. The molecule has 0 unspecified atom stereocenters. The van der Waals surface area contributed by atoms with Gasteiger partial charge in [0.25, 0.3) is 0 Å². The first-order valence-electron chi connectivity index (χ1n) is 7.37. The fraction of sp³-hybridized carbons (Fsp3) is 0.294. The Morgan fingerprint density at radius 1 is 1.14 bits per heavy atom. The van der Waals surface area contributed by atoms with E-state index in [1.165, 1.54) is 11.3 Å². The van der Waals surface area contributed by atoms with Gasteiger partial charge in [-0.1, -0.05) is 30.3 Å². The molecular weight excluding hydrogens is 298 g/mol. The molecule has 0 fully saturated rings. The second-order valence-corrected chi connectivity index (χ2v) is 6.54. The minimum atomic E-state index is -0.950. The fourth-order valence-corrected chi connectivity index (χ4v) is 4.13. The minimum absolute atomic E-state index is 0.174. The molecule has 0 aliphatic heterocycles. The van der Waals surface area contributed by atoms with Crippen molar-refractivity contribution in [2.75, 3.05) is 5.32 Å². The highest BCUT2D eigenvalue weighted by Crippen LogP contribution is 2.38. The van der Waals surface area contributed by atoms with E-state index in [-0.39, 0.29) is 12.3 Å². The average molecular weight is 315 g/mol. The van der Waals surface area contributed by atoms with Crippen molar-refractivity contribution in [3.8, 4) is 0 Å². The smallest absolute Gasteiger partial charge is 0.339 e. The van der Waals surface area contributed by atoms with Gasteiger partial charge >= 0.3 is 5.97 Å². The summed E-state index contributed by atoms with van der Waals surface area (Å²) in [6.07, 6.45) is 4.06. The number of rotatable bonds is 4. The number of fused-ring (bicyclic) bond motifs is 1. The topological polar surface area (TPSA) is 66.4 Å². The Balaban J connectivity index is 1.81. The van der Waals surface area contributed by atoms with Gasteiger partial charge in [-0.15, -0.1) is 11.3 Å². The fourth-order valence-electron chi connectivity index (χ4n) is 2.83. The molecule has 0 saturated heterocycles. The molecular formula is C17H17NO3S. The van der Waals surface area contributed by atoms with Crippen LogP contribution < -0.4 is 5.32 Å². The van der Waals surface area contributed by atoms with Crippen molar-refractivity contribution in [3.05, 3.63) is 51.9 Å². The van der Waals surface area contributed by atoms with E-state index in [4.69, 9.17) is 0 Å². The predicted octanol–water partition coefficient (Wildman–Crippen LogP) is 3.51. The molecule has 1 aliphatic carbocycles. The van der Waals surface area contributed by atoms with Gasteiger partial charge in [-0.05, 0) is 36.8 Å². The number of carboxylic acid groups (broad SMARTS) is 1. The maximum Gasteiger partial charge on any atom is 0.339 e. The standard InChI is InChI=1S/C17H17NO3S/c19-14(10-11-6-2-1-3-7-11)18-16-15(17(20)21)12-8-4-5-9-13(12)22-16/h1-3,6-7H,4-5,8-10H2,(H,18,19)(H,20,21). The van der Waals surface area contributed by atoms with E-state index in [1.807, 2.05) is 30.3 Å². The molecule has 1 aromatic heterocycles. The number of hydrogen-bond acceptors (Lipinski definition) is 3. The number of thiophene rings is 1. The van der Waals surface area contributed by atoms with Gasteiger partial charge in [-0.3, -0.25) is 4.79 Å². The molecule has 2 aromatic rings. The molecule has 3 rings (SSSR count). The number of hydrogen-bond donors (Lipinski definition) is 2. The number of amides is 1. The Kier molecular flexibility index (Phi) is 4.24. The van der Waals surface area contributed by atoms with Crippen LogP contribution >= 0.6 is 11.3 Å². The number of carbonyl (C=O) groups is 2. The van der Waals surface area contributed by atoms with Crippen molar-refractivity contribution in [1.82, 2.24) is 0 Å². The van der Waals surface area contributed by atoms with Crippen LogP contribution in [-0.2, 0) is 24.1 Å². The zero-order valence-corrected chi connectivity index (χ0v) is 12.9. The summed E-state index contributed by atoms with van der Waals surface area (Å²) in [6, 6.07) is 9.44. The molecule has 0 radical (unpaired) electrons. The van der Waals surface area contributed by atoms with Crippen molar-refractivity contribution in [2.45, 2.75) is 32.1 Å². The number of benzene rings is 1. The summed E-state index contributed by atoms with van der Waals surface area (Å²) >= 11 is 1.42. The summed E-state index contributed by atoms with van der Waals surface area (Å²) in [7, 11) is 0. The molecule has 5 heteroatoms. The lowest BCUT2D eigenvalue weighted by molar-refractivity contribution is -0.115. The number of nitrogens with one attached hydrogen (secondary N) is 1. The number of carbonyl (C=O) groups excluding carboxylic acids is 1. The third-order valence-corrected chi connectivity index (χ3v) is 5.05. The highest BCUT2D eigenvalue weighted by Gasteiger charge is 2.25. The van der Waals surface area contributed by atoms with Crippen molar-refractivity contribution in [3.63, 3.8) is 0 Å². The molecule has 22 heavy (non-hydrogen) atoms. The van der Waals surface area contributed by atoms with Crippen LogP contribution in [0.2, 0.25) is 0 Å². The zero-order valence-electron chi connectivity index (χ0n) is 12.1. The number of anilines is 1. The monoisotopic (exact) mass is 315 g/mol. The highest BCUT2D eigenvalue weighted by molar-refractivity contribution is 7.17. The summed E-state index contributed by atoms with van der Waals surface area (Å²) in [5.74, 6) is -1.12. The van der Waals surface area contributed by atoms with Gasteiger partial charge in [0, 0.05) is 4.88 Å². The lowest BCUT2D eigenvalue weighted by Crippen LogP contribution is -2.16. The molecule has 2 N–H and O–H groups in total. The Labute approximate surface area is 132 Å². The average Bonchev–Trinajstić information content (AvgIpc) is 2.85. The molecule has 4 nitrogen and oxygen atoms in total. The van der Waals surface area contributed by atoms with Crippen molar-refractivity contribution in [2.24, 2.45) is 0 Å². The second-order valence-electron chi connectivity index (χ2n) is 5.43. The normalized spacial score (nSPS) is 13.5. The SMILES string of the molecule is O=C(Cc1ccccc1)Nc1sc2c(c1C(=O)O)CCCC2. The molecule has 1 aliphatic rings. The van der Waals surface area contributed by atoms with E-state index in [9.17, 15) is 14.7 Å². The molecule has 1 heterocycles. The first-order valence-corrected chi connectivity index (χ1v) is 8.18. The third-order valence-electron chi connectivity index (χ3n) is 3.85. The maximum absolute atomic E-state index is 12.2. The maximum atomic E-state index is 12.2. The first kappa shape index (κ1) is 14.8. The molecule has 1 aromatic carbocycles. The van der Waals surface area contributed by atoms with Crippen LogP contribution in [0.3, 0.4) is 0 Å². The molecule has 0 atom stereocenters. The Hall–Kier alpha value is -2.14. The molecule has 0 spiro atoms. The van der Waals surface area contributed by atoms with E-state index in [2.05, 4.69) is 5.32 Å². The van der Waals surface area contributed by atoms with E-state index in [1.54, 1.807) is 0 Å². The Bertz CT molecular complexity index is 706. The predicted molar refractivity (Wildman–Crippen MR) is 86.7 cm³/mol. The van der Waals surface area contributed by atoms with Crippen LogP contribution in [0.5, 0.6) is 0 Å². The van der Waals surface area contributed by atoms with Crippen LogP contribution in [0.4, 0.5) is 5.00 Å². The number of carboxylic acids is 1. The largest absolute Gasteiger partial charge is 0.478 e. The summed E-state index contributed by atoms with van der Waals surface area (Å²) < 4.78 is 0. The quantitative estimate of drug-likeness (QED) is 0.907. The summed E-state index contributed by atoms with van der Waals surface area (Å²) in [5, 5.41) is 12.8. The zero-order chi connectivity index (χ0) is 15.5. The van der Waals surface area contributed by atoms with Crippen molar-refractivity contribution >= 4 is 28.2 Å². The first-order chi connectivity index (χ1) is 10.6. The summed E-state index contributed by atoms with van der Waals surface area (Å²) in [5.41, 5.74) is 2.12. The van der Waals surface area contributed by atoms with Crippen LogP contribution in [0.1, 0.15) is 39.2 Å². The molecule has 0 saturated carbocycles. The number of aryl methyl sites for hydroxylation is 1. The second kappa shape index (κ2) is 6.32. The molecule has 1 amide bonds.